The molecule has 2 heterocycles. The topological polar surface area (TPSA) is 33.7 Å². The van der Waals surface area contributed by atoms with Crippen molar-refractivity contribution in [3.8, 4) is 5.75 Å². The Kier molecular flexibility index (Phi) is 2.55. The van der Waals surface area contributed by atoms with Gasteiger partial charge in [0, 0.05) is 17.8 Å². The van der Waals surface area contributed by atoms with E-state index >= 15 is 0 Å². The highest BCUT2D eigenvalue weighted by atomic mass is 16.8. The number of hydrogen-bond acceptors (Lipinski definition) is 4. The number of hydroxylamine groups is 3. The van der Waals surface area contributed by atoms with E-state index in [2.05, 4.69) is 11.5 Å². The maximum atomic E-state index is 5.65. The Balaban J connectivity index is 1.69. The summed E-state index contributed by atoms with van der Waals surface area (Å²) in [6, 6.07) is 10.6. The van der Waals surface area contributed by atoms with Crippen LogP contribution in [0.3, 0.4) is 0 Å². The Morgan fingerprint density at radius 3 is 3.29 bits per heavy atom. The highest BCUT2D eigenvalue weighted by Crippen LogP contribution is 2.23. The number of allylic oxidation sites excluding steroid dienone is 2. The predicted molar refractivity (Wildman–Crippen MR) is 62.1 cm³/mol. The highest BCUT2D eigenvalue weighted by Gasteiger charge is 2.20. The summed E-state index contributed by atoms with van der Waals surface area (Å²) >= 11 is 0. The summed E-state index contributed by atoms with van der Waals surface area (Å²) in [6.07, 6.45) is 7.55. The van der Waals surface area contributed by atoms with Gasteiger partial charge in [-0.15, -0.1) is 0 Å². The van der Waals surface area contributed by atoms with E-state index in [1.807, 2.05) is 42.6 Å². The van der Waals surface area contributed by atoms with Crippen LogP contribution in [0.15, 0.2) is 60.1 Å². The number of nitrogens with zero attached hydrogens (tertiary/aromatic N) is 1. The van der Waals surface area contributed by atoms with E-state index in [4.69, 9.17) is 9.68 Å². The number of rotatable bonds is 3. The van der Waals surface area contributed by atoms with E-state index < -0.39 is 0 Å². The molecular weight excluding hydrogens is 216 g/mol. The van der Waals surface area contributed by atoms with Gasteiger partial charge in [-0.1, -0.05) is 24.3 Å². The van der Waals surface area contributed by atoms with Crippen molar-refractivity contribution < 1.29 is 9.68 Å². The number of nitrogens with one attached hydrogen (secondary N) is 1. The fourth-order valence-electron chi connectivity index (χ4n) is 1.66. The summed E-state index contributed by atoms with van der Waals surface area (Å²) in [5.41, 5.74) is 4.71. The quantitative estimate of drug-likeness (QED) is 0.855. The van der Waals surface area contributed by atoms with Crippen LogP contribution in [0.1, 0.15) is 0 Å². The molecule has 2 aliphatic rings. The van der Waals surface area contributed by atoms with Crippen LogP contribution >= 0.6 is 0 Å². The molecule has 1 aromatic carbocycles. The van der Waals surface area contributed by atoms with Gasteiger partial charge < -0.3 is 4.74 Å². The number of fused-ring (bicyclic) bond motifs is 1. The predicted octanol–water partition coefficient (Wildman–Crippen LogP) is 1.91. The van der Waals surface area contributed by atoms with Crippen LogP contribution in [0.25, 0.3) is 0 Å². The zero-order chi connectivity index (χ0) is 11.5. The number of benzene rings is 1. The van der Waals surface area contributed by atoms with Gasteiger partial charge in [0.15, 0.2) is 0 Å². The Morgan fingerprint density at radius 2 is 2.41 bits per heavy atom. The molecule has 1 N–H and O–H groups in total. The monoisotopic (exact) mass is 227 g/mol. The molecule has 0 saturated heterocycles. The molecule has 0 aromatic heterocycles. The molecule has 0 spiro atoms. The summed E-state index contributed by atoms with van der Waals surface area (Å²) in [6.45, 7) is 0.484. The molecule has 1 aromatic rings. The van der Waals surface area contributed by atoms with Crippen molar-refractivity contribution >= 4 is 0 Å². The first-order valence-corrected chi connectivity index (χ1v) is 5.32. The van der Waals surface area contributed by atoms with E-state index in [9.17, 15) is 0 Å². The second-order valence-corrected chi connectivity index (χ2v) is 3.61. The zero-order valence-corrected chi connectivity index (χ0v) is 9.09. The van der Waals surface area contributed by atoms with Crippen molar-refractivity contribution in [3.63, 3.8) is 0 Å². The molecule has 85 valence electrons. The summed E-state index contributed by atoms with van der Waals surface area (Å²) in [4.78, 5) is 5.14. The van der Waals surface area contributed by atoms with Crippen LogP contribution in [0.5, 0.6) is 5.75 Å². The van der Waals surface area contributed by atoms with Gasteiger partial charge >= 0.3 is 0 Å². The molecule has 4 nitrogen and oxygen atoms in total. The van der Waals surface area contributed by atoms with Crippen molar-refractivity contribution in [1.29, 1.82) is 0 Å². The largest absolute Gasteiger partial charge is 0.488 e. The molecule has 0 atom stereocenters. The first kappa shape index (κ1) is 9.99. The summed E-state index contributed by atoms with van der Waals surface area (Å²) in [5.74, 6) is 0.738. The van der Waals surface area contributed by atoms with Crippen LogP contribution in [0, 0.1) is 6.07 Å². The average molecular weight is 227 g/mol. The molecule has 0 amide bonds. The van der Waals surface area contributed by atoms with Gasteiger partial charge in [0.2, 0.25) is 0 Å². The molecule has 0 fully saturated rings. The fraction of sp³-hybridized carbons (Fsp3) is 0.0769. The second kappa shape index (κ2) is 4.35. The van der Waals surface area contributed by atoms with Crippen LogP contribution in [0.4, 0.5) is 0 Å². The maximum Gasteiger partial charge on any atom is 0.127 e. The number of hydrogen-bond donors (Lipinski definition) is 1. The Labute approximate surface area is 99.4 Å². The van der Waals surface area contributed by atoms with Gasteiger partial charge in [0.05, 0.1) is 11.9 Å². The van der Waals surface area contributed by atoms with E-state index in [1.165, 1.54) is 0 Å². The van der Waals surface area contributed by atoms with Crippen molar-refractivity contribution in [2.75, 3.05) is 6.61 Å². The van der Waals surface area contributed by atoms with Crippen LogP contribution in [-0.2, 0) is 4.94 Å². The van der Waals surface area contributed by atoms with Gasteiger partial charge in [0.25, 0.3) is 0 Å². The minimum atomic E-state index is 0.484. The smallest absolute Gasteiger partial charge is 0.127 e. The molecule has 17 heavy (non-hydrogen) atoms. The molecule has 2 aliphatic heterocycles. The third-order valence-corrected chi connectivity index (χ3v) is 2.50. The van der Waals surface area contributed by atoms with E-state index in [0.717, 1.165) is 17.0 Å². The first-order valence-electron chi connectivity index (χ1n) is 5.32. The second-order valence-electron chi connectivity index (χ2n) is 3.61. The van der Waals surface area contributed by atoms with Gasteiger partial charge in [0.1, 0.15) is 12.4 Å². The van der Waals surface area contributed by atoms with Crippen molar-refractivity contribution in [3.05, 3.63) is 66.2 Å². The molecule has 1 radical (unpaired) electrons. The minimum absolute atomic E-state index is 0.484. The Hall–Kier alpha value is -2.20. The molecule has 0 saturated carbocycles. The average Bonchev–Trinajstić information content (AvgIpc) is 2.86. The Bertz CT molecular complexity index is 491. The van der Waals surface area contributed by atoms with Gasteiger partial charge in [-0.3, -0.25) is 0 Å². The minimum Gasteiger partial charge on any atom is -0.488 e. The zero-order valence-electron chi connectivity index (χ0n) is 9.09. The van der Waals surface area contributed by atoms with Crippen LogP contribution < -0.4 is 10.2 Å². The summed E-state index contributed by atoms with van der Waals surface area (Å²) in [5, 5.41) is 1.66. The first-order chi connectivity index (χ1) is 8.43. The van der Waals surface area contributed by atoms with Crippen molar-refractivity contribution in [1.82, 2.24) is 10.5 Å². The molecule has 0 unspecified atom stereocenters. The maximum absolute atomic E-state index is 5.65. The fourth-order valence-corrected chi connectivity index (χ4v) is 1.66. The molecular formula is C13H11N2O2. The van der Waals surface area contributed by atoms with Crippen LogP contribution in [-0.4, -0.2) is 11.7 Å². The number of para-hydroxylation sites is 1. The SMILES string of the molecule is [c]1ccccc1OCC1=CC=CN2ONC=C12. The van der Waals surface area contributed by atoms with Crippen molar-refractivity contribution in [2.24, 2.45) is 0 Å². The molecule has 4 heteroatoms. The third-order valence-electron chi connectivity index (χ3n) is 2.50. The lowest BCUT2D eigenvalue weighted by Crippen LogP contribution is -2.19. The van der Waals surface area contributed by atoms with E-state index in [-0.39, 0.29) is 0 Å². The lowest BCUT2D eigenvalue weighted by atomic mass is 10.1. The lowest BCUT2D eigenvalue weighted by Gasteiger charge is -2.19. The molecule has 3 rings (SSSR count). The Morgan fingerprint density at radius 1 is 1.41 bits per heavy atom. The highest BCUT2D eigenvalue weighted by molar-refractivity contribution is 5.38. The van der Waals surface area contributed by atoms with Gasteiger partial charge in [-0.2, -0.15) is 4.94 Å². The van der Waals surface area contributed by atoms with Gasteiger partial charge in [-0.05, 0) is 12.1 Å². The van der Waals surface area contributed by atoms with E-state index in [0.29, 0.717) is 6.61 Å². The third kappa shape index (κ3) is 2.03. The van der Waals surface area contributed by atoms with Gasteiger partial charge in [-0.25, -0.2) is 10.5 Å². The molecule has 0 aliphatic carbocycles. The molecule has 0 bridgehead atoms. The normalized spacial score (nSPS) is 17.1. The lowest BCUT2D eigenvalue weighted by molar-refractivity contribution is -0.113. The summed E-state index contributed by atoms with van der Waals surface area (Å²) < 4.78 is 5.65. The summed E-state index contributed by atoms with van der Waals surface area (Å²) in [7, 11) is 0. The van der Waals surface area contributed by atoms with Crippen molar-refractivity contribution in [2.45, 2.75) is 0 Å². The number of ether oxygens (including phenoxy) is 1. The van der Waals surface area contributed by atoms with Crippen LogP contribution in [0.2, 0.25) is 0 Å². The standard InChI is InChI=1S/C13H11N2O2/c1-2-6-12(7-3-1)16-10-11-5-4-8-15-13(11)9-14-17-15/h1-6,8-9,14H,10H2. The van der Waals surface area contributed by atoms with E-state index in [1.54, 1.807) is 11.3 Å².